The van der Waals surface area contributed by atoms with Crippen LogP contribution < -0.4 is 0 Å². The van der Waals surface area contributed by atoms with E-state index in [2.05, 4.69) is 4.98 Å². The molecule has 0 aliphatic carbocycles. The van der Waals surface area contributed by atoms with Crippen LogP contribution in [-0.2, 0) is 6.18 Å². The maximum Gasteiger partial charge on any atom is 0.416 e. The van der Waals surface area contributed by atoms with Crippen molar-refractivity contribution in [2.24, 2.45) is 0 Å². The first-order chi connectivity index (χ1) is 9.49. The molecule has 2 rings (SSSR count). The standard InChI is InChI=1S/C12H10F6N2S/c1-6(5-11(13,14)15)20-9-3-2-7(12(16,17)18)4-8(9)19-10(20)21/h2-4,6H,5H2,1H3,(H,19,21). The molecule has 1 aromatic carbocycles. The molecule has 1 N–H and O–H groups in total. The predicted octanol–water partition coefficient (Wildman–Crippen LogP) is 5.23. The lowest BCUT2D eigenvalue weighted by molar-refractivity contribution is -0.141. The number of aromatic nitrogens is 2. The molecule has 0 aliphatic rings. The minimum atomic E-state index is -4.52. The van der Waals surface area contributed by atoms with Gasteiger partial charge in [0.15, 0.2) is 4.77 Å². The summed E-state index contributed by atoms with van der Waals surface area (Å²) in [7, 11) is 0. The molecule has 0 fully saturated rings. The highest BCUT2D eigenvalue weighted by atomic mass is 32.1. The normalized spacial score (nSPS) is 14.6. The predicted molar refractivity (Wildman–Crippen MR) is 67.5 cm³/mol. The maximum atomic E-state index is 12.6. The quantitative estimate of drug-likeness (QED) is 0.591. The van der Waals surface area contributed by atoms with Crippen molar-refractivity contribution in [3.8, 4) is 0 Å². The molecule has 2 nitrogen and oxygen atoms in total. The number of imidazole rings is 1. The Bertz CT molecular complexity index is 709. The van der Waals surface area contributed by atoms with Gasteiger partial charge in [0.25, 0.3) is 0 Å². The second kappa shape index (κ2) is 5.04. The number of halogens is 6. The first kappa shape index (κ1) is 15.9. The highest BCUT2D eigenvalue weighted by molar-refractivity contribution is 7.71. The fourth-order valence-corrected chi connectivity index (χ4v) is 2.56. The van der Waals surface area contributed by atoms with Gasteiger partial charge in [-0.2, -0.15) is 26.3 Å². The van der Waals surface area contributed by atoms with Gasteiger partial charge >= 0.3 is 12.4 Å². The third kappa shape index (κ3) is 3.39. The second-order valence-electron chi connectivity index (χ2n) is 4.70. The lowest BCUT2D eigenvalue weighted by Crippen LogP contribution is -2.16. The zero-order chi connectivity index (χ0) is 16.0. The van der Waals surface area contributed by atoms with Crippen LogP contribution >= 0.6 is 12.2 Å². The van der Waals surface area contributed by atoms with E-state index >= 15 is 0 Å². The molecule has 0 saturated heterocycles. The van der Waals surface area contributed by atoms with E-state index in [1.165, 1.54) is 11.5 Å². The second-order valence-corrected chi connectivity index (χ2v) is 5.08. The summed E-state index contributed by atoms with van der Waals surface area (Å²) in [5.41, 5.74) is -0.615. The van der Waals surface area contributed by atoms with Crippen LogP contribution in [0.1, 0.15) is 24.9 Å². The summed E-state index contributed by atoms with van der Waals surface area (Å²) in [6.07, 6.45) is -10.0. The average Bonchev–Trinajstić information content (AvgIpc) is 2.59. The van der Waals surface area contributed by atoms with Crippen LogP contribution in [0.15, 0.2) is 18.2 Å². The number of hydrogen-bond donors (Lipinski definition) is 1. The third-order valence-corrected chi connectivity index (χ3v) is 3.31. The van der Waals surface area contributed by atoms with E-state index in [0.29, 0.717) is 0 Å². The number of nitrogens with one attached hydrogen (secondary N) is 1. The van der Waals surface area contributed by atoms with E-state index in [0.717, 1.165) is 18.2 Å². The van der Waals surface area contributed by atoms with Crippen LogP contribution in [0.5, 0.6) is 0 Å². The van der Waals surface area contributed by atoms with E-state index in [1.54, 1.807) is 0 Å². The zero-order valence-corrected chi connectivity index (χ0v) is 11.5. The van der Waals surface area contributed by atoms with Crippen molar-refractivity contribution in [3.63, 3.8) is 0 Å². The van der Waals surface area contributed by atoms with E-state index in [9.17, 15) is 26.3 Å². The van der Waals surface area contributed by atoms with Gasteiger partial charge in [0.1, 0.15) is 0 Å². The van der Waals surface area contributed by atoms with Crippen LogP contribution in [-0.4, -0.2) is 15.7 Å². The van der Waals surface area contributed by atoms with Crippen LogP contribution in [0.2, 0.25) is 0 Å². The molecule has 1 unspecified atom stereocenters. The molecule has 116 valence electrons. The number of H-pyrrole nitrogens is 1. The first-order valence-corrected chi connectivity index (χ1v) is 6.28. The summed E-state index contributed by atoms with van der Waals surface area (Å²) in [5.74, 6) is 0. The molecule has 0 saturated carbocycles. The zero-order valence-electron chi connectivity index (χ0n) is 10.6. The fourth-order valence-electron chi connectivity index (χ4n) is 2.17. The minimum Gasteiger partial charge on any atom is -0.331 e. The van der Waals surface area contributed by atoms with Gasteiger partial charge in [-0.15, -0.1) is 0 Å². The number of benzene rings is 1. The number of alkyl halides is 6. The van der Waals surface area contributed by atoms with E-state index in [-0.39, 0.29) is 15.8 Å². The molecule has 0 spiro atoms. The molecule has 2 aromatic rings. The number of aromatic amines is 1. The Balaban J connectivity index is 2.52. The van der Waals surface area contributed by atoms with Crippen molar-refractivity contribution in [2.75, 3.05) is 0 Å². The molecule has 21 heavy (non-hydrogen) atoms. The van der Waals surface area contributed by atoms with Gasteiger partial charge in [-0.05, 0) is 37.3 Å². The SMILES string of the molecule is CC(CC(F)(F)F)n1c(=S)[nH]c2cc(C(F)(F)F)ccc21. The van der Waals surface area contributed by atoms with Crippen LogP contribution in [0, 0.1) is 4.77 Å². The molecule has 0 aliphatic heterocycles. The first-order valence-electron chi connectivity index (χ1n) is 5.87. The topological polar surface area (TPSA) is 20.7 Å². The smallest absolute Gasteiger partial charge is 0.331 e. The van der Waals surface area contributed by atoms with Crippen LogP contribution in [0.3, 0.4) is 0 Å². The average molecular weight is 328 g/mol. The Morgan fingerprint density at radius 1 is 1.19 bits per heavy atom. The summed E-state index contributed by atoms with van der Waals surface area (Å²) in [5, 5.41) is 0. The van der Waals surface area contributed by atoms with Crippen molar-refractivity contribution >= 4 is 23.3 Å². The Labute approximate surface area is 120 Å². The Morgan fingerprint density at radius 2 is 1.81 bits per heavy atom. The Kier molecular flexibility index (Phi) is 3.81. The highest BCUT2D eigenvalue weighted by Gasteiger charge is 2.33. The molecular weight excluding hydrogens is 318 g/mol. The van der Waals surface area contributed by atoms with Crippen molar-refractivity contribution in [2.45, 2.75) is 31.7 Å². The lowest BCUT2D eigenvalue weighted by atomic mass is 10.1. The third-order valence-electron chi connectivity index (χ3n) is 3.01. The van der Waals surface area contributed by atoms with E-state index in [4.69, 9.17) is 12.2 Å². The number of fused-ring (bicyclic) bond motifs is 1. The lowest BCUT2D eigenvalue weighted by Gasteiger charge is -2.16. The number of hydrogen-bond acceptors (Lipinski definition) is 1. The van der Waals surface area contributed by atoms with Gasteiger partial charge in [-0.25, -0.2) is 0 Å². The monoisotopic (exact) mass is 328 g/mol. The van der Waals surface area contributed by atoms with Gasteiger partial charge in [0.05, 0.1) is 23.0 Å². The van der Waals surface area contributed by atoms with Gasteiger partial charge in [0.2, 0.25) is 0 Å². The molecule has 9 heteroatoms. The van der Waals surface area contributed by atoms with Gasteiger partial charge in [-0.1, -0.05) is 0 Å². The summed E-state index contributed by atoms with van der Waals surface area (Å²) in [6, 6.07) is 1.77. The van der Waals surface area contributed by atoms with Crippen LogP contribution in [0.25, 0.3) is 11.0 Å². The molecule has 0 radical (unpaired) electrons. The van der Waals surface area contributed by atoms with E-state index in [1.807, 2.05) is 0 Å². The minimum absolute atomic E-state index is 0.0407. The highest BCUT2D eigenvalue weighted by Crippen LogP contribution is 2.33. The molecule has 1 aromatic heterocycles. The van der Waals surface area contributed by atoms with E-state index < -0.39 is 30.4 Å². The van der Waals surface area contributed by atoms with Crippen molar-refractivity contribution in [1.82, 2.24) is 9.55 Å². The largest absolute Gasteiger partial charge is 0.416 e. The number of nitrogens with zero attached hydrogens (tertiary/aromatic N) is 1. The van der Waals surface area contributed by atoms with Gasteiger partial charge in [-0.3, -0.25) is 0 Å². The maximum absolute atomic E-state index is 12.6. The van der Waals surface area contributed by atoms with Crippen molar-refractivity contribution in [3.05, 3.63) is 28.5 Å². The van der Waals surface area contributed by atoms with Crippen molar-refractivity contribution in [1.29, 1.82) is 0 Å². The summed E-state index contributed by atoms with van der Waals surface area (Å²) in [4.78, 5) is 2.52. The molecule has 0 amide bonds. The molecule has 0 bridgehead atoms. The number of rotatable bonds is 2. The van der Waals surface area contributed by atoms with Gasteiger partial charge < -0.3 is 9.55 Å². The molecular formula is C12H10F6N2S. The molecule has 1 heterocycles. The fraction of sp³-hybridized carbons (Fsp3) is 0.417. The Hall–Kier alpha value is -1.51. The summed E-state index contributed by atoms with van der Waals surface area (Å²) in [6.45, 7) is 1.31. The summed E-state index contributed by atoms with van der Waals surface area (Å²) >= 11 is 4.91. The van der Waals surface area contributed by atoms with Crippen molar-refractivity contribution < 1.29 is 26.3 Å². The van der Waals surface area contributed by atoms with Gasteiger partial charge in [0, 0.05) is 6.04 Å². The summed E-state index contributed by atoms with van der Waals surface area (Å²) < 4.78 is 76.3. The Morgan fingerprint density at radius 3 is 2.33 bits per heavy atom. The molecule has 1 atom stereocenters. The van der Waals surface area contributed by atoms with Crippen LogP contribution in [0.4, 0.5) is 26.3 Å².